The van der Waals surface area contributed by atoms with Gasteiger partial charge in [0, 0.05) is 12.6 Å². The van der Waals surface area contributed by atoms with Crippen LogP contribution in [0.1, 0.15) is 39.5 Å². The highest BCUT2D eigenvalue weighted by atomic mass is 19.3. The summed E-state index contributed by atoms with van der Waals surface area (Å²) in [5, 5.41) is 12.0. The summed E-state index contributed by atoms with van der Waals surface area (Å²) in [4.78, 5) is 0. The molecule has 1 aliphatic carbocycles. The highest BCUT2D eigenvalue weighted by Gasteiger charge is 2.28. The fraction of sp³-hybridized carbons (Fsp3) is 1.00. The van der Waals surface area contributed by atoms with Gasteiger partial charge in [-0.3, -0.25) is 0 Å². The minimum absolute atomic E-state index is 0.00157. The summed E-state index contributed by atoms with van der Waals surface area (Å²) in [5.41, 5.74) is 0.297. The lowest BCUT2D eigenvalue weighted by atomic mass is 9.75. The number of aliphatic hydroxyl groups excluding tert-OH is 1. The van der Waals surface area contributed by atoms with Crippen LogP contribution in [0.15, 0.2) is 0 Å². The molecule has 2 N–H and O–H groups in total. The lowest BCUT2D eigenvalue weighted by Crippen LogP contribution is -2.42. The average molecular weight is 221 g/mol. The van der Waals surface area contributed by atoms with Crippen molar-refractivity contribution in [3.63, 3.8) is 0 Å². The highest BCUT2D eigenvalue weighted by Crippen LogP contribution is 2.34. The average Bonchev–Trinajstić information content (AvgIpc) is 2.12. The smallest absolute Gasteiger partial charge is 0.265 e. The molecule has 0 aromatic rings. The van der Waals surface area contributed by atoms with Crippen LogP contribution in [0.4, 0.5) is 8.78 Å². The molecule has 0 amide bonds. The van der Waals surface area contributed by atoms with E-state index in [0.717, 1.165) is 19.3 Å². The van der Waals surface area contributed by atoms with E-state index in [0.29, 0.717) is 5.41 Å². The van der Waals surface area contributed by atoms with Crippen molar-refractivity contribution in [2.24, 2.45) is 5.41 Å². The minimum atomic E-state index is -2.64. The van der Waals surface area contributed by atoms with Crippen LogP contribution in [0.2, 0.25) is 0 Å². The Kier molecular flexibility index (Phi) is 4.46. The molecule has 1 aliphatic rings. The summed E-state index contributed by atoms with van der Waals surface area (Å²) in [6.07, 6.45) is 0.185. The molecular weight excluding hydrogens is 200 g/mol. The largest absolute Gasteiger partial charge is 0.386 e. The first-order valence-electron chi connectivity index (χ1n) is 5.60. The van der Waals surface area contributed by atoms with Crippen LogP contribution in [0.5, 0.6) is 0 Å². The Bertz CT molecular complexity index is 197. The molecule has 2 atom stereocenters. The van der Waals surface area contributed by atoms with E-state index in [1.807, 2.05) is 0 Å². The molecule has 2 nitrogen and oxygen atoms in total. The molecule has 0 saturated heterocycles. The zero-order chi connectivity index (χ0) is 11.5. The monoisotopic (exact) mass is 221 g/mol. The summed E-state index contributed by atoms with van der Waals surface area (Å²) >= 11 is 0. The van der Waals surface area contributed by atoms with E-state index in [2.05, 4.69) is 19.2 Å². The molecule has 1 rings (SSSR count). The van der Waals surface area contributed by atoms with Gasteiger partial charge in [-0.05, 0) is 24.7 Å². The van der Waals surface area contributed by atoms with Gasteiger partial charge >= 0.3 is 0 Å². The highest BCUT2D eigenvalue weighted by molar-refractivity contribution is 4.83. The molecule has 2 unspecified atom stereocenters. The van der Waals surface area contributed by atoms with Crippen LogP contribution >= 0.6 is 0 Å². The SMILES string of the molecule is CC1(C)CCCC(NCC(O)C(F)F)C1. The van der Waals surface area contributed by atoms with E-state index in [1.165, 1.54) is 6.42 Å². The lowest BCUT2D eigenvalue weighted by molar-refractivity contribution is -0.00618. The maximum absolute atomic E-state index is 12.0. The van der Waals surface area contributed by atoms with Gasteiger partial charge in [0.15, 0.2) is 0 Å². The predicted octanol–water partition coefficient (Wildman–Crippen LogP) is 2.17. The summed E-state index contributed by atoms with van der Waals surface area (Å²) in [6.45, 7) is 4.40. The maximum atomic E-state index is 12.0. The Labute approximate surface area is 90.1 Å². The number of aliphatic hydroxyl groups is 1. The number of alkyl halides is 2. The molecule has 15 heavy (non-hydrogen) atoms. The zero-order valence-corrected chi connectivity index (χ0v) is 9.47. The van der Waals surface area contributed by atoms with E-state index in [4.69, 9.17) is 5.11 Å². The van der Waals surface area contributed by atoms with Gasteiger partial charge < -0.3 is 10.4 Å². The number of hydrogen-bond donors (Lipinski definition) is 2. The van der Waals surface area contributed by atoms with Gasteiger partial charge in [0.05, 0.1) is 0 Å². The number of hydrogen-bond acceptors (Lipinski definition) is 2. The Hall–Kier alpha value is -0.220. The quantitative estimate of drug-likeness (QED) is 0.762. The molecule has 0 spiro atoms. The van der Waals surface area contributed by atoms with Crippen molar-refractivity contribution in [2.45, 2.75) is 58.1 Å². The number of rotatable bonds is 4. The first kappa shape index (κ1) is 12.8. The second-order valence-electron chi connectivity index (χ2n) is 5.27. The Morgan fingerprint density at radius 1 is 1.47 bits per heavy atom. The molecular formula is C11H21F2NO. The summed E-state index contributed by atoms with van der Waals surface area (Å²) in [5.74, 6) is 0. The van der Waals surface area contributed by atoms with Crippen LogP contribution in [-0.2, 0) is 0 Å². The van der Waals surface area contributed by atoms with E-state index in [9.17, 15) is 8.78 Å². The molecule has 0 aromatic heterocycles. The predicted molar refractivity (Wildman–Crippen MR) is 56.1 cm³/mol. The molecule has 0 heterocycles. The van der Waals surface area contributed by atoms with Gasteiger partial charge in [-0.15, -0.1) is 0 Å². The summed E-state index contributed by atoms with van der Waals surface area (Å²) in [6, 6.07) is 0.280. The third kappa shape index (κ3) is 4.43. The van der Waals surface area contributed by atoms with Crippen molar-refractivity contribution < 1.29 is 13.9 Å². The first-order chi connectivity index (χ1) is 6.91. The topological polar surface area (TPSA) is 32.3 Å². The number of halogens is 2. The van der Waals surface area contributed by atoms with Crippen LogP contribution in [0, 0.1) is 5.41 Å². The molecule has 1 fully saturated rings. The van der Waals surface area contributed by atoms with Crippen molar-refractivity contribution in [3.8, 4) is 0 Å². The molecule has 1 saturated carbocycles. The second-order valence-corrected chi connectivity index (χ2v) is 5.27. The maximum Gasteiger partial charge on any atom is 0.265 e. The van der Waals surface area contributed by atoms with Crippen LogP contribution < -0.4 is 5.32 Å². The van der Waals surface area contributed by atoms with Gasteiger partial charge in [0.25, 0.3) is 6.43 Å². The number of nitrogens with one attached hydrogen (secondary N) is 1. The second kappa shape index (κ2) is 5.21. The summed E-state index contributed by atoms with van der Waals surface area (Å²) < 4.78 is 24.1. The minimum Gasteiger partial charge on any atom is -0.386 e. The molecule has 90 valence electrons. The van der Waals surface area contributed by atoms with Crippen molar-refractivity contribution >= 4 is 0 Å². The molecule has 4 heteroatoms. The lowest BCUT2D eigenvalue weighted by Gasteiger charge is -2.36. The zero-order valence-electron chi connectivity index (χ0n) is 9.47. The van der Waals surface area contributed by atoms with Crippen molar-refractivity contribution in [1.29, 1.82) is 0 Å². The Morgan fingerprint density at radius 3 is 2.67 bits per heavy atom. The Balaban J connectivity index is 2.27. The Morgan fingerprint density at radius 2 is 2.13 bits per heavy atom. The van der Waals surface area contributed by atoms with Gasteiger partial charge in [-0.1, -0.05) is 20.3 Å². The third-order valence-corrected chi connectivity index (χ3v) is 3.11. The molecule has 0 radical (unpaired) electrons. The van der Waals surface area contributed by atoms with Crippen molar-refractivity contribution in [2.75, 3.05) is 6.54 Å². The van der Waals surface area contributed by atoms with Gasteiger partial charge in [-0.25, -0.2) is 8.78 Å². The van der Waals surface area contributed by atoms with Crippen molar-refractivity contribution in [1.82, 2.24) is 5.32 Å². The summed E-state index contributed by atoms with van der Waals surface area (Å²) in [7, 11) is 0. The van der Waals surface area contributed by atoms with E-state index in [-0.39, 0.29) is 12.6 Å². The van der Waals surface area contributed by atoms with E-state index < -0.39 is 12.5 Å². The molecule has 0 bridgehead atoms. The fourth-order valence-corrected chi connectivity index (χ4v) is 2.25. The van der Waals surface area contributed by atoms with Crippen molar-refractivity contribution in [3.05, 3.63) is 0 Å². The molecule has 0 aliphatic heterocycles. The first-order valence-corrected chi connectivity index (χ1v) is 5.60. The fourth-order valence-electron chi connectivity index (χ4n) is 2.25. The van der Waals surface area contributed by atoms with E-state index in [1.54, 1.807) is 0 Å². The van der Waals surface area contributed by atoms with Crippen LogP contribution in [0.3, 0.4) is 0 Å². The molecule has 0 aromatic carbocycles. The third-order valence-electron chi connectivity index (χ3n) is 3.11. The van der Waals surface area contributed by atoms with Gasteiger partial charge in [0.1, 0.15) is 6.10 Å². The standard InChI is InChI=1S/C11H21F2NO/c1-11(2)5-3-4-8(6-11)14-7-9(15)10(12)13/h8-10,14-15H,3-7H2,1-2H3. The normalized spacial score (nSPS) is 28.0. The van der Waals surface area contributed by atoms with Gasteiger partial charge in [-0.2, -0.15) is 0 Å². The van der Waals surface area contributed by atoms with Gasteiger partial charge in [0.2, 0.25) is 0 Å². The van der Waals surface area contributed by atoms with Crippen LogP contribution in [-0.4, -0.2) is 30.2 Å². The van der Waals surface area contributed by atoms with Crippen LogP contribution in [0.25, 0.3) is 0 Å². The van der Waals surface area contributed by atoms with E-state index >= 15 is 0 Å².